The Morgan fingerprint density at radius 1 is 1.25 bits per heavy atom. The zero-order valence-electron chi connectivity index (χ0n) is 14.9. The summed E-state index contributed by atoms with van der Waals surface area (Å²) in [6, 6.07) is 7.06. The van der Waals surface area contributed by atoms with Crippen molar-refractivity contribution in [1.82, 2.24) is 10.2 Å². The van der Waals surface area contributed by atoms with Crippen molar-refractivity contribution in [2.75, 3.05) is 13.2 Å². The van der Waals surface area contributed by atoms with Crippen LogP contribution in [-0.4, -0.2) is 35.8 Å². The molecule has 0 aliphatic carbocycles. The molecule has 0 saturated carbocycles. The van der Waals surface area contributed by atoms with Gasteiger partial charge in [-0.2, -0.15) is 0 Å². The maximum Gasteiger partial charge on any atom is 0.410 e. The van der Waals surface area contributed by atoms with E-state index < -0.39 is 5.60 Å². The van der Waals surface area contributed by atoms with E-state index in [1.807, 2.05) is 20.8 Å². The second kappa shape index (κ2) is 7.11. The lowest BCUT2D eigenvalue weighted by Gasteiger charge is -2.24. The van der Waals surface area contributed by atoms with Crippen molar-refractivity contribution in [2.24, 2.45) is 0 Å². The van der Waals surface area contributed by atoms with Crippen LogP contribution in [0, 0.1) is 0 Å². The van der Waals surface area contributed by atoms with E-state index >= 15 is 0 Å². The first-order chi connectivity index (χ1) is 11.4. The number of hydrogen-bond acceptors (Lipinski definition) is 4. The number of rotatable bonds is 3. The van der Waals surface area contributed by atoms with E-state index in [4.69, 9.17) is 9.47 Å². The van der Waals surface area contributed by atoms with Crippen molar-refractivity contribution in [1.29, 1.82) is 0 Å². The topological polar surface area (TPSA) is 50.8 Å². The summed E-state index contributed by atoms with van der Waals surface area (Å²) in [6.45, 7) is 9.54. The van der Waals surface area contributed by atoms with Crippen molar-refractivity contribution in [3.63, 3.8) is 0 Å². The van der Waals surface area contributed by atoms with Crippen LogP contribution in [0.1, 0.15) is 50.3 Å². The smallest absolute Gasteiger partial charge is 0.410 e. The highest BCUT2D eigenvalue weighted by Gasteiger charge is 2.27. The molecule has 1 N–H and O–H groups in total. The maximum absolute atomic E-state index is 12.2. The molecule has 2 aliphatic rings. The highest BCUT2D eigenvalue weighted by atomic mass is 16.6. The van der Waals surface area contributed by atoms with E-state index in [-0.39, 0.29) is 6.09 Å². The second-order valence-corrected chi connectivity index (χ2v) is 7.71. The quantitative estimate of drug-likeness (QED) is 0.923. The summed E-state index contributed by atoms with van der Waals surface area (Å²) in [5, 5.41) is 3.61. The van der Waals surface area contributed by atoms with E-state index in [1.165, 1.54) is 16.7 Å². The molecule has 1 aromatic rings. The number of nitrogens with zero attached hydrogens (tertiary/aromatic N) is 1. The molecule has 0 aromatic heterocycles. The van der Waals surface area contributed by atoms with Crippen LogP contribution in [0.15, 0.2) is 18.2 Å². The number of carbonyl (C=O) groups excluding carboxylic acids is 1. The van der Waals surface area contributed by atoms with Gasteiger partial charge in [0.1, 0.15) is 5.60 Å². The van der Waals surface area contributed by atoms with Gasteiger partial charge < -0.3 is 14.8 Å². The van der Waals surface area contributed by atoms with Gasteiger partial charge in [-0.25, -0.2) is 4.79 Å². The molecule has 1 aromatic carbocycles. The van der Waals surface area contributed by atoms with Gasteiger partial charge in [-0.1, -0.05) is 18.2 Å². The van der Waals surface area contributed by atoms with Crippen molar-refractivity contribution in [3.05, 3.63) is 34.9 Å². The molecule has 0 spiro atoms. The summed E-state index contributed by atoms with van der Waals surface area (Å²) >= 11 is 0. The molecule has 1 amide bonds. The molecule has 1 fully saturated rings. The monoisotopic (exact) mass is 332 g/mol. The van der Waals surface area contributed by atoms with Crippen LogP contribution in [0.4, 0.5) is 4.79 Å². The molecule has 0 atom stereocenters. The van der Waals surface area contributed by atoms with Crippen LogP contribution in [0.3, 0.4) is 0 Å². The number of carbonyl (C=O) groups is 1. The lowest BCUT2D eigenvalue weighted by atomic mass is 10.1. The predicted octanol–water partition coefficient (Wildman–Crippen LogP) is 3.21. The van der Waals surface area contributed by atoms with Gasteiger partial charge in [0.25, 0.3) is 0 Å². The zero-order valence-corrected chi connectivity index (χ0v) is 14.9. The van der Waals surface area contributed by atoms with Crippen LogP contribution in [0.25, 0.3) is 0 Å². The Morgan fingerprint density at radius 2 is 1.96 bits per heavy atom. The number of ether oxygens (including phenoxy) is 2. The molecule has 0 radical (unpaired) electrons. The SMILES string of the molecule is CC(C)(C)OC(=O)N1Cc2ccc(CNC3CCOCC3)cc2C1. The Hall–Kier alpha value is -1.59. The summed E-state index contributed by atoms with van der Waals surface area (Å²) in [6.07, 6.45) is 1.93. The van der Waals surface area contributed by atoms with Crippen molar-refractivity contribution in [3.8, 4) is 0 Å². The molecule has 0 unspecified atom stereocenters. The van der Waals surface area contributed by atoms with Crippen molar-refractivity contribution in [2.45, 2.75) is 64.9 Å². The Morgan fingerprint density at radius 3 is 2.67 bits per heavy atom. The third-order valence-electron chi connectivity index (χ3n) is 4.46. The van der Waals surface area contributed by atoms with Crippen molar-refractivity contribution >= 4 is 6.09 Å². The lowest BCUT2D eigenvalue weighted by molar-refractivity contribution is 0.0242. The minimum atomic E-state index is -0.454. The Balaban J connectivity index is 1.56. The molecular weight excluding hydrogens is 304 g/mol. The summed E-state index contributed by atoms with van der Waals surface area (Å²) in [5.41, 5.74) is 3.26. The molecule has 5 nitrogen and oxygen atoms in total. The third-order valence-corrected chi connectivity index (χ3v) is 4.46. The Bertz CT molecular complexity index is 589. The molecule has 3 rings (SSSR count). The van der Waals surface area contributed by atoms with Crippen LogP contribution in [0.5, 0.6) is 0 Å². The fourth-order valence-corrected chi connectivity index (χ4v) is 3.18. The second-order valence-electron chi connectivity index (χ2n) is 7.71. The molecule has 132 valence electrons. The molecule has 2 heterocycles. The van der Waals surface area contributed by atoms with E-state index in [1.54, 1.807) is 4.90 Å². The minimum absolute atomic E-state index is 0.236. The molecule has 0 bridgehead atoms. The van der Waals surface area contributed by atoms with Gasteiger partial charge in [0, 0.05) is 38.9 Å². The fraction of sp³-hybridized carbons (Fsp3) is 0.632. The van der Waals surface area contributed by atoms with Gasteiger partial charge in [-0.05, 0) is 50.3 Å². The Kier molecular flexibility index (Phi) is 5.11. The standard InChI is InChI=1S/C19H28N2O3/c1-19(2,3)24-18(22)21-12-15-5-4-14(10-16(15)13-21)11-20-17-6-8-23-9-7-17/h4-5,10,17,20H,6-9,11-13H2,1-3H3. The van der Waals surface area contributed by atoms with E-state index in [0.717, 1.165) is 32.6 Å². The fourth-order valence-electron chi connectivity index (χ4n) is 3.18. The summed E-state index contributed by atoms with van der Waals surface area (Å²) < 4.78 is 10.9. The van der Waals surface area contributed by atoms with Crippen LogP contribution in [-0.2, 0) is 29.1 Å². The number of benzene rings is 1. The van der Waals surface area contributed by atoms with Gasteiger partial charge in [0.05, 0.1) is 0 Å². The van der Waals surface area contributed by atoms with Crippen LogP contribution in [0.2, 0.25) is 0 Å². The molecule has 1 saturated heterocycles. The molecular formula is C19H28N2O3. The average Bonchev–Trinajstić information content (AvgIpc) is 2.96. The highest BCUT2D eigenvalue weighted by Crippen LogP contribution is 2.25. The van der Waals surface area contributed by atoms with Gasteiger partial charge in [0.2, 0.25) is 0 Å². The molecule has 24 heavy (non-hydrogen) atoms. The maximum atomic E-state index is 12.2. The first-order valence-corrected chi connectivity index (χ1v) is 8.80. The largest absolute Gasteiger partial charge is 0.444 e. The Labute approximate surface area is 144 Å². The van der Waals surface area contributed by atoms with Crippen LogP contribution >= 0.6 is 0 Å². The molecule has 5 heteroatoms. The van der Waals surface area contributed by atoms with Gasteiger partial charge >= 0.3 is 6.09 Å². The number of hydrogen-bond donors (Lipinski definition) is 1. The van der Waals surface area contributed by atoms with Gasteiger partial charge in [-0.3, -0.25) is 4.90 Å². The summed E-state index contributed by atoms with van der Waals surface area (Å²) in [4.78, 5) is 14.0. The first kappa shape index (κ1) is 17.2. The van der Waals surface area contributed by atoms with E-state index in [9.17, 15) is 4.79 Å². The molecule has 2 aliphatic heterocycles. The highest BCUT2D eigenvalue weighted by molar-refractivity contribution is 5.69. The zero-order chi connectivity index (χ0) is 17.2. The average molecular weight is 332 g/mol. The minimum Gasteiger partial charge on any atom is -0.444 e. The summed E-state index contributed by atoms with van der Waals surface area (Å²) in [7, 11) is 0. The number of amides is 1. The number of nitrogens with one attached hydrogen (secondary N) is 1. The third kappa shape index (κ3) is 4.48. The van der Waals surface area contributed by atoms with Crippen molar-refractivity contribution < 1.29 is 14.3 Å². The van der Waals surface area contributed by atoms with Gasteiger partial charge in [0.15, 0.2) is 0 Å². The lowest BCUT2D eigenvalue weighted by Crippen LogP contribution is -2.34. The van der Waals surface area contributed by atoms with E-state index in [2.05, 4.69) is 23.5 Å². The predicted molar refractivity (Wildman–Crippen MR) is 92.6 cm³/mol. The van der Waals surface area contributed by atoms with Gasteiger partial charge in [-0.15, -0.1) is 0 Å². The number of fused-ring (bicyclic) bond motifs is 1. The normalized spacial score (nSPS) is 18.5. The van der Waals surface area contributed by atoms with E-state index in [0.29, 0.717) is 19.1 Å². The summed E-state index contributed by atoms with van der Waals surface area (Å²) in [5.74, 6) is 0. The first-order valence-electron chi connectivity index (χ1n) is 8.80. The van der Waals surface area contributed by atoms with Crippen LogP contribution < -0.4 is 5.32 Å².